The Kier molecular flexibility index (Phi) is 6.22. The molecule has 0 spiro atoms. The number of nitrogens with zero attached hydrogens (tertiary/aromatic N) is 1. The Morgan fingerprint density at radius 2 is 2.06 bits per heavy atom. The number of ether oxygens (including phenoxy) is 1. The van der Waals surface area contributed by atoms with Crippen LogP contribution in [0.2, 0.25) is 0 Å². The average molecular weight is 250 g/mol. The SMILES string of the molecule is CCCN(CCN)C(=O)Cc1ccccc1OC. The van der Waals surface area contributed by atoms with Gasteiger partial charge in [-0.1, -0.05) is 25.1 Å². The van der Waals surface area contributed by atoms with E-state index >= 15 is 0 Å². The number of carbonyl (C=O) groups excluding carboxylic acids is 1. The zero-order valence-electron chi connectivity index (χ0n) is 11.2. The van der Waals surface area contributed by atoms with E-state index in [9.17, 15) is 4.79 Å². The van der Waals surface area contributed by atoms with Crippen LogP contribution in [-0.2, 0) is 11.2 Å². The Balaban J connectivity index is 2.72. The molecule has 0 radical (unpaired) electrons. The van der Waals surface area contributed by atoms with Crippen molar-refractivity contribution in [3.63, 3.8) is 0 Å². The highest BCUT2D eigenvalue weighted by Crippen LogP contribution is 2.18. The first-order valence-electron chi connectivity index (χ1n) is 6.32. The summed E-state index contributed by atoms with van der Waals surface area (Å²) in [6.45, 7) is 3.92. The maximum absolute atomic E-state index is 12.2. The number of para-hydroxylation sites is 1. The fraction of sp³-hybridized carbons (Fsp3) is 0.500. The lowest BCUT2D eigenvalue weighted by atomic mass is 10.1. The minimum absolute atomic E-state index is 0.104. The smallest absolute Gasteiger partial charge is 0.227 e. The number of rotatable bonds is 7. The van der Waals surface area contributed by atoms with Gasteiger partial charge < -0.3 is 15.4 Å². The summed E-state index contributed by atoms with van der Waals surface area (Å²) in [5.41, 5.74) is 6.45. The molecule has 0 fully saturated rings. The van der Waals surface area contributed by atoms with Gasteiger partial charge in [0.1, 0.15) is 5.75 Å². The van der Waals surface area contributed by atoms with Crippen molar-refractivity contribution in [2.24, 2.45) is 5.73 Å². The largest absolute Gasteiger partial charge is 0.496 e. The third-order valence-corrected chi connectivity index (χ3v) is 2.78. The van der Waals surface area contributed by atoms with Gasteiger partial charge in [0.15, 0.2) is 0 Å². The molecular weight excluding hydrogens is 228 g/mol. The molecule has 18 heavy (non-hydrogen) atoms. The molecule has 4 heteroatoms. The van der Waals surface area contributed by atoms with E-state index in [1.807, 2.05) is 29.2 Å². The predicted molar refractivity (Wildman–Crippen MR) is 72.6 cm³/mol. The van der Waals surface area contributed by atoms with Gasteiger partial charge in [-0.3, -0.25) is 4.79 Å². The minimum Gasteiger partial charge on any atom is -0.496 e. The summed E-state index contributed by atoms with van der Waals surface area (Å²) >= 11 is 0. The van der Waals surface area contributed by atoms with E-state index in [2.05, 4.69) is 6.92 Å². The zero-order chi connectivity index (χ0) is 13.4. The Bertz CT molecular complexity index is 374. The van der Waals surface area contributed by atoms with Crippen LogP contribution in [0.5, 0.6) is 5.75 Å². The van der Waals surface area contributed by atoms with Gasteiger partial charge in [-0.15, -0.1) is 0 Å². The Morgan fingerprint density at radius 1 is 1.33 bits per heavy atom. The Labute approximate surface area is 109 Å². The van der Waals surface area contributed by atoms with Crippen molar-refractivity contribution < 1.29 is 9.53 Å². The van der Waals surface area contributed by atoms with Crippen LogP contribution in [0, 0.1) is 0 Å². The predicted octanol–water partition coefficient (Wildman–Crippen LogP) is 1.44. The average Bonchev–Trinajstić information content (AvgIpc) is 2.39. The van der Waals surface area contributed by atoms with Gasteiger partial charge in [0, 0.05) is 25.2 Å². The minimum atomic E-state index is 0.104. The van der Waals surface area contributed by atoms with E-state index in [0.717, 1.165) is 24.3 Å². The van der Waals surface area contributed by atoms with Crippen LogP contribution < -0.4 is 10.5 Å². The summed E-state index contributed by atoms with van der Waals surface area (Å²) in [6, 6.07) is 7.60. The molecule has 0 unspecified atom stereocenters. The Morgan fingerprint density at radius 3 is 2.67 bits per heavy atom. The molecule has 0 aliphatic carbocycles. The molecule has 0 bridgehead atoms. The number of nitrogens with two attached hydrogens (primary N) is 1. The maximum atomic E-state index is 12.2. The quantitative estimate of drug-likeness (QED) is 0.796. The lowest BCUT2D eigenvalue weighted by Gasteiger charge is -2.21. The molecule has 4 nitrogen and oxygen atoms in total. The second-order valence-corrected chi connectivity index (χ2v) is 4.16. The van der Waals surface area contributed by atoms with Gasteiger partial charge in [-0.2, -0.15) is 0 Å². The molecule has 0 atom stereocenters. The van der Waals surface area contributed by atoms with E-state index in [1.165, 1.54) is 0 Å². The summed E-state index contributed by atoms with van der Waals surface area (Å²) in [6.07, 6.45) is 1.31. The molecule has 1 aromatic carbocycles. The van der Waals surface area contributed by atoms with E-state index in [4.69, 9.17) is 10.5 Å². The van der Waals surface area contributed by atoms with Gasteiger partial charge >= 0.3 is 0 Å². The van der Waals surface area contributed by atoms with E-state index in [1.54, 1.807) is 7.11 Å². The van der Waals surface area contributed by atoms with Gasteiger partial charge in [0.25, 0.3) is 0 Å². The molecule has 0 saturated carbocycles. The van der Waals surface area contributed by atoms with Crippen LogP contribution >= 0.6 is 0 Å². The van der Waals surface area contributed by atoms with Crippen molar-refractivity contribution in [1.29, 1.82) is 0 Å². The maximum Gasteiger partial charge on any atom is 0.227 e. The molecule has 100 valence electrons. The fourth-order valence-electron chi connectivity index (χ4n) is 1.91. The highest BCUT2D eigenvalue weighted by molar-refractivity contribution is 5.79. The van der Waals surface area contributed by atoms with Crippen molar-refractivity contribution >= 4 is 5.91 Å². The molecule has 0 aliphatic heterocycles. The van der Waals surface area contributed by atoms with Crippen LogP contribution in [0.3, 0.4) is 0 Å². The van der Waals surface area contributed by atoms with E-state index < -0.39 is 0 Å². The number of methoxy groups -OCH3 is 1. The van der Waals surface area contributed by atoms with Crippen molar-refractivity contribution in [1.82, 2.24) is 4.90 Å². The van der Waals surface area contributed by atoms with Gasteiger partial charge in [-0.05, 0) is 12.5 Å². The molecule has 0 aromatic heterocycles. The zero-order valence-corrected chi connectivity index (χ0v) is 11.2. The lowest BCUT2D eigenvalue weighted by Crippen LogP contribution is -2.37. The van der Waals surface area contributed by atoms with Crippen LogP contribution in [0.15, 0.2) is 24.3 Å². The number of hydrogen-bond acceptors (Lipinski definition) is 3. The topological polar surface area (TPSA) is 55.6 Å². The first kappa shape index (κ1) is 14.5. The number of hydrogen-bond donors (Lipinski definition) is 1. The first-order valence-corrected chi connectivity index (χ1v) is 6.32. The standard InChI is InChI=1S/C14H22N2O2/c1-3-9-16(10-8-15)14(17)11-12-6-4-5-7-13(12)18-2/h4-7H,3,8-11,15H2,1-2H3. The van der Waals surface area contributed by atoms with Gasteiger partial charge in [0.05, 0.1) is 13.5 Å². The Hall–Kier alpha value is -1.55. The molecule has 1 amide bonds. The summed E-state index contributed by atoms with van der Waals surface area (Å²) in [7, 11) is 1.62. The highest BCUT2D eigenvalue weighted by atomic mass is 16.5. The summed E-state index contributed by atoms with van der Waals surface area (Å²) < 4.78 is 5.25. The molecular formula is C14H22N2O2. The molecule has 1 aromatic rings. The third kappa shape index (κ3) is 4.04. The van der Waals surface area contributed by atoms with Crippen LogP contribution in [-0.4, -0.2) is 37.6 Å². The van der Waals surface area contributed by atoms with Crippen LogP contribution in [0.25, 0.3) is 0 Å². The van der Waals surface area contributed by atoms with Crippen molar-refractivity contribution in [3.8, 4) is 5.75 Å². The van der Waals surface area contributed by atoms with E-state index in [0.29, 0.717) is 19.5 Å². The third-order valence-electron chi connectivity index (χ3n) is 2.78. The summed E-state index contributed by atoms with van der Waals surface area (Å²) in [5.74, 6) is 0.863. The highest BCUT2D eigenvalue weighted by Gasteiger charge is 2.14. The molecule has 2 N–H and O–H groups in total. The second kappa shape index (κ2) is 7.71. The number of benzene rings is 1. The first-order chi connectivity index (χ1) is 8.72. The second-order valence-electron chi connectivity index (χ2n) is 4.16. The lowest BCUT2D eigenvalue weighted by molar-refractivity contribution is -0.130. The van der Waals surface area contributed by atoms with Crippen LogP contribution in [0.1, 0.15) is 18.9 Å². The molecule has 1 rings (SSSR count). The monoisotopic (exact) mass is 250 g/mol. The molecule has 0 heterocycles. The summed E-state index contributed by atoms with van der Waals surface area (Å²) in [5, 5.41) is 0. The van der Waals surface area contributed by atoms with Crippen molar-refractivity contribution in [2.75, 3.05) is 26.7 Å². The molecule has 0 aliphatic rings. The van der Waals surface area contributed by atoms with Crippen molar-refractivity contribution in [3.05, 3.63) is 29.8 Å². The van der Waals surface area contributed by atoms with Crippen molar-refractivity contribution in [2.45, 2.75) is 19.8 Å². The van der Waals surface area contributed by atoms with Crippen LogP contribution in [0.4, 0.5) is 0 Å². The number of amides is 1. The van der Waals surface area contributed by atoms with Gasteiger partial charge in [0.2, 0.25) is 5.91 Å². The fourth-order valence-corrected chi connectivity index (χ4v) is 1.91. The van der Waals surface area contributed by atoms with Gasteiger partial charge in [-0.25, -0.2) is 0 Å². The summed E-state index contributed by atoms with van der Waals surface area (Å²) in [4.78, 5) is 14.0. The normalized spacial score (nSPS) is 10.2. The molecule has 0 saturated heterocycles. The number of carbonyl (C=O) groups is 1. The van der Waals surface area contributed by atoms with E-state index in [-0.39, 0.29) is 5.91 Å².